The van der Waals surface area contributed by atoms with Crippen LogP contribution < -0.4 is 9.62 Å². The van der Waals surface area contributed by atoms with Crippen molar-refractivity contribution in [2.24, 2.45) is 0 Å². The summed E-state index contributed by atoms with van der Waals surface area (Å²) in [7, 11) is -1.77. The molecule has 190 valence electrons. The van der Waals surface area contributed by atoms with Crippen molar-refractivity contribution in [2.75, 3.05) is 42.8 Å². The highest BCUT2D eigenvalue weighted by atomic mass is 32.2. The monoisotopic (exact) mass is 508 g/mol. The van der Waals surface area contributed by atoms with Gasteiger partial charge in [-0.3, -0.25) is 4.72 Å². The lowest BCUT2D eigenvalue weighted by atomic mass is 9.84. The van der Waals surface area contributed by atoms with Gasteiger partial charge in [-0.2, -0.15) is 0 Å². The molecule has 0 unspecified atom stereocenters. The van der Waals surface area contributed by atoms with Crippen LogP contribution in [0.1, 0.15) is 53.9 Å². The number of piperazine rings is 1. The van der Waals surface area contributed by atoms with Gasteiger partial charge in [0.05, 0.1) is 16.0 Å². The summed E-state index contributed by atoms with van der Waals surface area (Å²) in [5, 5.41) is 10.3. The number of anilines is 2. The zero-order chi connectivity index (χ0) is 25.3. The summed E-state index contributed by atoms with van der Waals surface area (Å²) in [6, 6.07) is 13.6. The molecule has 36 heavy (non-hydrogen) atoms. The number of fused-ring (bicyclic) bond motifs is 1. The third-order valence-electron chi connectivity index (χ3n) is 7.37. The minimum Gasteiger partial charge on any atom is -0.478 e. The van der Waals surface area contributed by atoms with Crippen LogP contribution in [0, 0.1) is 0 Å². The summed E-state index contributed by atoms with van der Waals surface area (Å²) in [5.74, 6) is 0.0529. The molecule has 3 aromatic rings. The van der Waals surface area contributed by atoms with E-state index in [1.54, 1.807) is 36.4 Å². The fraction of sp³-hybridized carbons (Fsp3) is 0.407. The number of carboxylic acids is 1. The van der Waals surface area contributed by atoms with Crippen LogP contribution in [0.15, 0.2) is 53.4 Å². The Bertz CT molecular complexity index is 1360. The highest BCUT2D eigenvalue weighted by molar-refractivity contribution is 7.92. The van der Waals surface area contributed by atoms with Crippen LogP contribution in [0.5, 0.6) is 0 Å². The zero-order valence-electron chi connectivity index (χ0n) is 20.5. The average molecular weight is 509 g/mol. The number of hydrogen-bond donors (Lipinski definition) is 2. The average Bonchev–Trinajstić information content (AvgIpc) is 2.89. The van der Waals surface area contributed by atoms with Crippen molar-refractivity contribution >= 4 is 38.4 Å². The van der Waals surface area contributed by atoms with Crippen molar-refractivity contribution in [3.8, 4) is 0 Å². The molecule has 1 aromatic heterocycles. The van der Waals surface area contributed by atoms with Crippen molar-refractivity contribution in [3.05, 3.63) is 59.7 Å². The topological polar surface area (TPSA) is 103 Å². The lowest BCUT2D eigenvalue weighted by molar-refractivity contribution is 0.0699. The molecule has 1 aliphatic carbocycles. The number of pyridine rings is 1. The van der Waals surface area contributed by atoms with Gasteiger partial charge in [-0.05, 0) is 67.8 Å². The van der Waals surface area contributed by atoms with Crippen molar-refractivity contribution in [2.45, 2.75) is 42.9 Å². The second kappa shape index (κ2) is 10.1. The minimum atomic E-state index is -3.82. The number of carboxylic acid groups (broad SMARTS) is 1. The van der Waals surface area contributed by atoms with E-state index in [2.05, 4.69) is 26.6 Å². The molecular weight excluding hydrogens is 476 g/mol. The first-order valence-corrected chi connectivity index (χ1v) is 14.0. The summed E-state index contributed by atoms with van der Waals surface area (Å²) in [6.45, 7) is 3.30. The molecule has 0 radical (unpaired) electrons. The van der Waals surface area contributed by atoms with E-state index >= 15 is 0 Å². The van der Waals surface area contributed by atoms with Gasteiger partial charge in [-0.1, -0.05) is 31.4 Å². The largest absolute Gasteiger partial charge is 0.478 e. The van der Waals surface area contributed by atoms with Crippen LogP contribution in [0.3, 0.4) is 0 Å². The Morgan fingerprint density at radius 2 is 1.67 bits per heavy atom. The van der Waals surface area contributed by atoms with E-state index in [0.717, 1.165) is 39.0 Å². The van der Waals surface area contributed by atoms with E-state index in [0.29, 0.717) is 28.3 Å². The molecule has 0 atom stereocenters. The second-order valence-corrected chi connectivity index (χ2v) is 11.5. The van der Waals surface area contributed by atoms with E-state index in [1.807, 2.05) is 12.1 Å². The fourth-order valence-corrected chi connectivity index (χ4v) is 6.27. The normalized spacial score (nSPS) is 17.9. The molecule has 2 aromatic carbocycles. The Labute approximate surface area is 212 Å². The molecule has 2 N–H and O–H groups in total. The number of nitrogens with one attached hydrogen (secondary N) is 1. The second-order valence-electron chi connectivity index (χ2n) is 9.86. The number of aromatic carboxylic acids is 1. The predicted molar refractivity (Wildman–Crippen MR) is 141 cm³/mol. The van der Waals surface area contributed by atoms with Crippen LogP contribution in [-0.4, -0.2) is 62.6 Å². The summed E-state index contributed by atoms with van der Waals surface area (Å²) in [5.41, 5.74) is 2.11. The number of hydrogen-bond acceptors (Lipinski definition) is 6. The van der Waals surface area contributed by atoms with Crippen LogP contribution in [-0.2, 0) is 10.0 Å². The lowest BCUT2D eigenvalue weighted by Gasteiger charge is -2.33. The van der Waals surface area contributed by atoms with E-state index in [-0.39, 0.29) is 10.5 Å². The van der Waals surface area contributed by atoms with Crippen LogP contribution in [0.2, 0.25) is 0 Å². The predicted octanol–water partition coefficient (Wildman–Crippen LogP) is 4.53. The Balaban J connectivity index is 1.40. The minimum absolute atomic E-state index is 0.104. The van der Waals surface area contributed by atoms with Crippen LogP contribution >= 0.6 is 0 Å². The molecule has 0 amide bonds. The Morgan fingerprint density at radius 1 is 0.972 bits per heavy atom. The Morgan fingerprint density at radius 3 is 2.33 bits per heavy atom. The van der Waals surface area contributed by atoms with Gasteiger partial charge in [0.1, 0.15) is 5.82 Å². The summed E-state index contributed by atoms with van der Waals surface area (Å²) < 4.78 is 28.8. The first-order chi connectivity index (χ1) is 17.3. The lowest BCUT2D eigenvalue weighted by Crippen LogP contribution is -2.44. The van der Waals surface area contributed by atoms with Crippen molar-refractivity contribution in [1.29, 1.82) is 0 Å². The molecule has 2 aliphatic rings. The molecule has 1 aliphatic heterocycles. The van der Waals surface area contributed by atoms with Gasteiger partial charge in [0, 0.05) is 37.3 Å². The molecule has 5 rings (SSSR count). The smallest absolute Gasteiger partial charge is 0.336 e. The quantitative estimate of drug-likeness (QED) is 0.504. The third kappa shape index (κ3) is 5.17. The third-order valence-corrected chi connectivity index (χ3v) is 8.77. The van der Waals surface area contributed by atoms with Gasteiger partial charge in [0.15, 0.2) is 0 Å². The van der Waals surface area contributed by atoms with Gasteiger partial charge in [-0.25, -0.2) is 18.2 Å². The van der Waals surface area contributed by atoms with E-state index in [1.165, 1.54) is 24.8 Å². The standard InChI is InChI=1S/C27H32N4O4S/c1-30-13-15-31(16-14-30)26-18-24(27(32)33)23-17-21(9-12-25(23)28-26)29-36(34,35)22-10-7-20(8-11-22)19-5-3-2-4-6-19/h7-12,17-19,29H,2-6,13-16H2,1H3,(H,32,33). The SMILES string of the molecule is CN1CCN(c2cc(C(=O)O)c3cc(NS(=O)(=O)c4ccc(C5CCCCC5)cc4)ccc3n2)CC1. The van der Waals surface area contributed by atoms with Crippen molar-refractivity contribution < 1.29 is 18.3 Å². The maximum absolute atomic E-state index is 13.1. The Kier molecular flexibility index (Phi) is 6.85. The number of aromatic nitrogens is 1. The molecular formula is C27H32N4O4S. The molecule has 1 saturated heterocycles. The number of carbonyl (C=O) groups is 1. The van der Waals surface area contributed by atoms with Gasteiger partial charge < -0.3 is 14.9 Å². The first kappa shape index (κ1) is 24.5. The molecule has 2 fully saturated rings. The number of rotatable bonds is 6. The van der Waals surface area contributed by atoms with Crippen LogP contribution in [0.4, 0.5) is 11.5 Å². The number of sulfonamides is 1. The van der Waals surface area contributed by atoms with Gasteiger partial charge >= 0.3 is 5.97 Å². The van der Waals surface area contributed by atoms with Gasteiger partial charge in [0.25, 0.3) is 10.0 Å². The van der Waals surface area contributed by atoms with Gasteiger partial charge in [-0.15, -0.1) is 0 Å². The van der Waals surface area contributed by atoms with Crippen LogP contribution in [0.25, 0.3) is 10.9 Å². The van der Waals surface area contributed by atoms with E-state index in [4.69, 9.17) is 0 Å². The van der Waals surface area contributed by atoms with E-state index in [9.17, 15) is 18.3 Å². The Hall–Kier alpha value is -3.17. The summed E-state index contributed by atoms with van der Waals surface area (Å²) in [4.78, 5) is 21.3. The number of likely N-dealkylation sites (N-methyl/N-ethyl adjacent to an activating group) is 1. The number of benzene rings is 2. The molecule has 1 saturated carbocycles. The highest BCUT2D eigenvalue weighted by Gasteiger charge is 2.21. The van der Waals surface area contributed by atoms with Gasteiger partial charge in [0.2, 0.25) is 0 Å². The fourth-order valence-electron chi connectivity index (χ4n) is 5.22. The summed E-state index contributed by atoms with van der Waals surface area (Å²) >= 11 is 0. The molecule has 0 bridgehead atoms. The summed E-state index contributed by atoms with van der Waals surface area (Å²) in [6.07, 6.45) is 6.02. The van der Waals surface area contributed by atoms with Crippen molar-refractivity contribution in [1.82, 2.24) is 9.88 Å². The molecule has 2 heterocycles. The van der Waals surface area contributed by atoms with Crippen molar-refractivity contribution in [3.63, 3.8) is 0 Å². The maximum Gasteiger partial charge on any atom is 0.336 e. The zero-order valence-corrected chi connectivity index (χ0v) is 21.3. The maximum atomic E-state index is 13.1. The highest BCUT2D eigenvalue weighted by Crippen LogP contribution is 2.33. The van der Waals surface area contributed by atoms with E-state index < -0.39 is 16.0 Å². The molecule has 8 nitrogen and oxygen atoms in total. The molecule has 9 heteroatoms. The number of nitrogens with zero attached hydrogens (tertiary/aromatic N) is 3. The first-order valence-electron chi connectivity index (χ1n) is 12.5. The molecule has 0 spiro atoms.